The van der Waals surface area contributed by atoms with Gasteiger partial charge < -0.3 is 0 Å². The van der Waals surface area contributed by atoms with Crippen molar-refractivity contribution in [3.63, 3.8) is 0 Å². The van der Waals surface area contributed by atoms with Crippen molar-refractivity contribution in [3.8, 4) is 5.69 Å². The van der Waals surface area contributed by atoms with Crippen molar-refractivity contribution in [2.45, 2.75) is 0 Å². The van der Waals surface area contributed by atoms with E-state index in [1.165, 1.54) is 41.4 Å². The molecule has 2 aromatic heterocycles. The minimum atomic E-state index is -0.491. The summed E-state index contributed by atoms with van der Waals surface area (Å²) in [6.07, 6.45) is 2.78. The summed E-state index contributed by atoms with van der Waals surface area (Å²) < 4.78 is 1.52. The number of nitro groups is 1. The first-order chi connectivity index (χ1) is 13.1. The molecule has 0 saturated carbocycles. The van der Waals surface area contributed by atoms with E-state index in [2.05, 4.69) is 20.5 Å². The molecule has 0 amide bonds. The lowest BCUT2D eigenvalue weighted by Gasteiger charge is -2.01. The van der Waals surface area contributed by atoms with Crippen LogP contribution >= 0.6 is 0 Å². The summed E-state index contributed by atoms with van der Waals surface area (Å²) in [5, 5.41) is 27.0. The summed E-state index contributed by atoms with van der Waals surface area (Å²) in [5.74, 6) is 0. The van der Waals surface area contributed by atoms with Crippen molar-refractivity contribution in [3.05, 3.63) is 86.8 Å². The van der Waals surface area contributed by atoms with Gasteiger partial charge in [-0.05, 0) is 35.0 Å². The van der Waals surface area contributed by atoms with Crippen LogP contribution < -0.4 is 5.56 Å². The monoisotopic (exact) mass is 361 g/mol. The maximum Gasteiger partial charge on any atom is 0.302 e. The Balaban J connectivity index is 1.68. The van der Waals surface area contributed by atoms with E-state index in [1.54, 1.807) is 0 Å². The highest BCUT2D eigenvalue weighted by Crippen LogP contribution is 2.13. The van der Waals surface area contributed by atoms with E-state index < -0.39 is 10.5 Å². The summed E-state index contributed by atoms with van der Waals surface area (Å²) in [6, 6.07) is 15.0. The van der Waals surface area contributed by atoms with Crippen LogP contribution in [0.2, 0.25) is 0 Å². The molecule has 0 aliphatic heterocycles. The van der Waals surface area contributed by atoms with E-state index in [9.17, 15) is 14.9 Å². The van der Waals surface area contributed by atoms with Crippen LogP contribution in [0.5, 0.6) is 0 Å². The van der Waals surface area contributed by atoms with Crippen LogP contribution in [0.25, 0.3) is 16.7 Å². The molecule has 0 saturated heterocycles. The molecule has 27 heavy (non-hydrogen) atoms. The number of non-ortho nitro benzene ring substituents is 1. The van der Waals surface area contributed by atoms with Gasteiger partial charge in [0, 0.05) is 12.1 Å². The molecule has 0 bridgehead atoms. The lowest BCUT2D eigenvalue weighted by atomic mass is 10.2. The van der Waals surface area contributed by atoms with Gasteiger partial charge in [0.2, 0.25) is 0 Å². The normalized spacial score (nSPS) is 11.3. The first-order valence-electron chi connectivity index (χ1n) is 7.81. The number of aromatic nitrogens is 5. The van der Waals surface area contributed by atoms with E-state index in [0.717, 1.165) is 10.5 Å². The maximum atomic E-state index is 12.5. The zero-order valence-corrected chi connectivity index (χ0v) is 13.7. The fraction of sp³-hybridized carbons (Fsp3) is 0. The van der Waals surface area contributed by atoms with Crippen LogP contribution in [0.1, 0.15) is 5.56 Å². The van der Waals surface area contributed by atoms with Crippen molar-refractivity contribution < 1.29 is 4.92 Å². The van der Waals surface area contributed by atoms with Crippen LogP contribution in [0, 0.1) is 10.1 Å². The predicted molar refractivity (Wildman–Crippen MR) is 97.0 cm³/mol. The lowest BCUT2D eigenvalue weighted by Crippen LogP contribution is -2.21. The Hall–Kier alpha value is -4.21. The SMILES string of the molecule is O=c1c2cnn(-c3ccccc3)c2nnn1N=Cc1ccc([N+](=O)[O-])cc1. The molecular formula is C17H11N7O3. The van der Waals surface area contributed by atoms with Crippen molar-refractivity contribution >= 4 is 22.9 Å². The summed E-state index contributed by atoms with van der Waals surface area (Å²) in [5.41, 5.74) is 1.16. The van der Waals surface area contributed by atoms with E-state index in [-0.39, 0.29) is 11.1 Å². The fourth-order valence-corrected chi connectivity index (χ4v) is 2.46. The highest BCUT2D eigenvalue weighted by molar-refractivity contribution is 5.80. The summed E-state index contributed by atoms with van der Waals surface area (Å²) >= 11 is 0. The maximum absolute atomic E-state index is 12.5. The van der Waals surface area contributed by atoms with Crippen LogP contribution in [-0.2, 0) is 0 Å². The number of benzene rings is 2. The standard InChI is InChI=1S/C17H11N7O3/c25-17-15-11-18-22(13-4-2-1-3-5-13)16(15)20-21-23(17)19-10-12-6-8-14(9-7-12)24(26)27/h1-11H. The second kappa shape index (κ2) is 6.59. The van der Waals surface area contributed by atoms with E-state index in [1.807, 2.05) is 30.3 Å². The molecule has 0 spiro atoms. The quantitative estimate of drug-likeness (QED) is 0.310. The summed E-state index contributed by atoms with van der Waals surface area (Å²) in [6.45, 7) is 0. The van der Waals surface area contributed by atoms with Gasteiger partial charge in [-0.25, -0.2) is 4.68 Å². The molecular weight excluding hydrogens is 350 g/mol. The average Bonchev–Trinajstić information content (AvgIpc) is 3.13. The number of nitrogens with zero attached hydrogens (tertiary/aromatic N) is 7. The van der Waals surface area contributed by atoms with Gasteiger partial charge >= 0.3 is 5.56 Å². The van der Waals surface area contributed by atoms with Crippen LogP contribution in [-0.4, -0.2) is 36.0 Å². The number of fused-ring (bicyclic) bond motifs is 1. The van der Waals surface area contributed by atoms with E-state index in [4.69, 9.17) is 0 Å². The van der Waals surface area contributed by atoms with Gasteiger partial charge in [0.05, 0.1) is 23.0 Å². The zero-order valence-electron chi connectivity index (χ0n) is 13.7. The van der Waals surface area contributed by atoms with Crippen LogP contribution in [0.4, 0.5) is 5.69 Å². The molecule has 4 aromatic rings. The third-order valence-corrected chi connectivity index (χ3v) is 3.80. The summed E-state index contributed by atoms with van der Waals surface area (Å²) in [4.78, 5) is 23.6. The second-order valence-electron chi connectivity index (χ2n) is 5.51. The Morgan fingerprint density at radius 2 is 1.81 bits per heavy atom. The first-order valence-corrected chi connectivity index (χ1v) is 7.81. The van der Waals surface area contributed by atoms with Crippen molar-refractivity contribution in [2.75, 3.05) is 0 Å². The number of nitro benzene ring substituents is 1. The molecule has 2 heterocycles. The molecule has 10 nitrogen and oxygen atoms in total. The molecule has 4 rings (SSSR count). The Kier molecular flexibility index (Phi) is 3.97. The summed E-state index contributed by atoms with van der Waals surface area (Å²) in [7, 11) is 0. The highest BCUT2D eigenvalue weighted by atomic mass is 16.6. The van der Waals surface area contributed by atoms with Gasteiger partial charge in [0.1, 0.15) is 5.39 Å². The van der Waals surface area contributed by atoms with E-state index in [0.29, 0.717) is 11.2 Å². The van der Waals surface area contributed by atoms with Gasteiger partial charge in [-0.3, -0.25) is 14.9 Å². The number of para-hydroxylation sites is 1. The number of hydrogen-bond donors (Lipinski definition) is 0. The van der Waals surface area contributed by atoms with Crippen LogP contribution in [0.3, 0.4) is 0 Å². The molecule has 0 aliphatic carbocycles. The minimum absolute atomic E-state index is 0.0288. The van der Waals surface area contributed by atoms with Gasteiger partial charge in [0.25, 0.3) is 5.69 Å². The molecule has 0 atom stereocenters. The van der Waals surface area contributed by atoms with Gasteiger partial charge in [-0.15, -0.1) is 5.10 Å². The Labute approximate surface area is 151 Å². The Morgan fingerprint density at radius 3 is 2.52 bits per heavy atom. The third-order valence-electron chi connectivity index (χ3n) is 3.80. The second-order valence-corrected chi connectivity index (χ2v) is 5.51. The molecule has 0 N–H and O–H groups in total. The van der Waals surface area contributed by atoms with Crippen molar-refractivity contribution in [1.82, 2.24) is 24.9 Å². The number of rotatable bonds is 4. The average molecular weight is 361 g/mol. The van der Waals surface area contributed by atoms with Crippen molar-refractivity contribution in [2.24, 2.45) is 5.10 Å². The smallest absolute Gasteiger partial charge is 0.265 e. The molecule has 0 unspecified atom stereocenters. The molecule has 10 heteroatoms. The molecule has 132 valence electrons. The number of hydrogen-bond acceptors (Lipinski definition) is 7. The lowest BCUT2D eigenvalue weighted by molar-refractivity contribution is -0.384. The van der Waals surface area contributed by atoms with Crippen molar-refractivity contribution in [1.29, 1.82) is 0 Å². The predicted octanol–water partition coefficient (Wildman–Crippen LogP) is 1.77. The van der Waals surface area contributed by atoms with Gasteiger partial charge in [0.15, 0.2) is 5.65 Å². The Bertz CT molecular complexity index is 1210. The van der Waals surface area contributed by atoms with Gasteiger partial charge in [-0.2, -0.15) is 10.2 Å². The topological polar surface area (TPSA) is 121 Å². The minimum Gasteiger partial charge on any atom is -0.265 e. The van der Waals surface area contributed by atoms with Gasteiger partial charge in [-0.1, -0.05) is 23.0 Å². The fourth-order valence-electron chi connectivity index (χ4n) is 2.46. The molecule has 0 fully saturated rings. The molecule has 0 radical (unpaired) electrons. The largest absolute Gasteiger partial charge is 0.302 e. The third kappa shape index (κ3) is 3.06. The Morgan fingerprint density at radius 1 is 1.07 bits per heavy atom. The van der Waals surface area contributed by atoms with Crippen LogP contribution in [0.15, 0.2) is 70.7 Å². The zero-order chi connectivity index (χ0) is 18.8. The highest BCUT2D eigenvalue weighted by Gasteiger charge is 2.12. The first kappa shape index (κ1) is 16.3. The van der Waals surface area contributed by atoms with E-state index >= 15 is 0 Å². The molecule has 2 aromatic carbocycles. The molecule has 0 aliphatic rings.